The summed E-state index contributed by atoms with van der Waals surface area (Å²) in [4.78, 5) is 35.9. The molecule has 0 aromatic carbocycles. The van der Waals surface area contributed by atoms with E-state index in [1.165, 1.54) is 7.11 Å². The molecule has 0 radical (unpaired) electrons. The lowest BCUT2D eigenvalue weighted by Gasteiger charge is -2.56. The Balaban J connectivity index is 2.47. The van der Waals surface area contributed by atoms with E-state index in [1.54, 1.807) is 6.92 Å². The molecule has 0 bridgehead atoms. The van der Waals surface area contributed by atoms with Gasteiger partial charge >= 0.3 is 11.9 Å². The van der Waals surface area contributed by atoms with E-state index in [0.29, 0.717) is 12.8 Å². The van der Waals surface area contributed by atoms with Crippen molar-refractivity contribution >= 4 is 18.2 Å². The summed E-state index contributed by atoms with van der Waals surface area (Å²) in [5, 5.41) is 30.9. The summed E-state index contributed by atoms with van der Waals surface area (Å²) in [7, 11) is 1.17. The van der Waals surface area contributed by atoms with E-state index in [1.807, 2.05) is 0 Å². The summed E-state index contributed by atoms with van der Waals surface area (Å²) in [6, 6.07) is 0. The Hall–Kier alpha value is -2.03. The molecule has 3 N–H and O–H groups in total. The number of aliphatic hydroxyl groups excluding tert-OH is 3. The smallest absolute Gasteiger partial charge is 0.336 e. The van der Waals surface area contributed by atoms with Gasteiger partial charge in [-0.2, -0.15) is 0 Å². The van der Waals surface area contributed by atoms with Crippen molar-refractivity contribution in [2.45, 2.75) is 44.5 Å². The summed E-state index contributed by atoms with van der Waals surface area (Å²) in [5.74, 6) is -3.82. The molecule has 0 aromatic heterocycles. The van der Waals surface area contributed by atoms with Crippen LogP contribution < -0.4 is 0 Å². The van der Waals surface area contributed by atoms with Gasteiger partial charge in [-0.25, -0.2) is 9.59 Å². The maximum Gasteiger partial charge on any atom is 0.336 e. The van der Waals surface area contributed by atoms with Crippen LogP contribution in [0.4, 0.5) is 0 Å². The predicted molar refractivity (Wildman–Crippen MR) is 97.8 cm³/mol. The molecule has 7 unspecified atom stereocenters. The van der Waals surface area contributed by atoms with Crippen molar-refractivity contribution in [3.63, 3.8) is 0 Å². The maximum atomic E-state index is 12.2. The zero-order valence-electron chi connectivity index (χ0n) is 16.2. The second-order valence-electron chi connectivity index (χ2n) is 7.87. The maximum absolute atomic E-state index is 12.2. The Morgan fingerprint density at radius 2 is 1.86 bits per heavy atom. The van der Waals surface area contributed by atoms with Crippen LogP contribution >= 0.6 is 0 Å². The molecule has 7 atom stereocenters. The Morgan fingerprint density at radius 3 is 2.39 bits per heavy atom. The van der Waals surface area contributed by atoms with Crippen LogP contribution in [0.2, 0.25) is 0 Å². The number of ether oxygens (including phenoxy) is 2. The Labute approximate surface area is 163 Å². The van der Waals surface area contributed by atoms with Gasteiger partial charge in [0.15, 0.2) is 0 Å². The Kier molecular flexibility index (Phi) is 6.80. The molecule has 2 rings (SSSR count). The number of methoxy groups -OCH3 is 1. The summed E-state index contributed by atoms with van der Waals surface area (Å²) in [6.07, 6.45) is -1.46. The molecule has 0 aromatic rings. The zero-order chi connectivity index (χ0) is 21.2. The van der Waals surface area contributed by atoms with Gasteiger partial charge in [0.25, 0.3) is 0 Å². The number of aliphatic hydroxyl groups is 3. The summed E-state index contributed by atoms with van der Waals surface area (Å²) in [6.45, 7) is 8.26. The number of carbonyl (C=O) groups is 3. The van der Waals surface area contributed by atoms with Gasteiger partial charge in [-0.3, -0.25) is 0 Å². The number of esters is 2. The highest BCUT2D eigenvalue weighted by atomic mass is 16.5. The first-order chi connectivity index (χ1) is 13.1. The van der Waals surface area contributed by atoms with Crippen molar-refractivity contribution in [1.82, 2.24) is 0 Å². The van der Waals surface area contributed by atoms with Gasteiger partial charge in [-0.05, 0) is 19.3 Å². The van der Waals surface area contributed by atoms with Crippen LogP contribution in [0, 0.1) is 23.2 Å². The monoisotopic (exact) mass is 396 g/mol. The van der Waals surface area contributed by atoms with Crippen molar-refractivity contribution in [3.05, 3.63) is 24.3 Å². The van der Waals surface area contributed by atoms with Gasteiger partial charge in [0.1, 0.15) is 12.4 Å². The van der Waals surface area contributed by atoms with Crippen LogP contribution in [0.5, 0.6) is 0 Å². The first kappa shape index (κ1) is 22.3. The van der Waals surface area contributed by atoms with Crippen LogP contribution in [0.25, 0.3) is 0 Å². The number of rotatable bonds is 6. The van der Waals surface area contributed by atoms with Gasteiger partial charge < -0.3 is 29.6 Å². The average molecular weight is 396 g/mol. The summed E-state index contributed by atoms with van der Waals surface area (Å²) < 4.78 is 10.2. The highest BCUT2D eigenvalue weighted by Gasteiger charge is 2.59. The molecule has 0 amide bonds. The lowest BCUT2D eigenvalue weighted by atomic mass is 9.51. The standard InChI is InChI=1S/C20H28O8/c1-10(8-21)18(25)28-13-7-20(3)14(23)6-5-12(9-22)16(20)17(24)15(13)11(2)19(26)27-4/h9,12-17,21,23-24H,1-2,5-8H2,3-4H3. The minimum Gasteiger partial charge on any atom is -0.466 e. The zero-order valence-corrected chi connectivity index (χ0v) is 16.2. The number of fused-ring (bicyclic) bond motifs is 1. The quantitative estimate of drug-likeness (QED) is 0.329. The van der Waals surface area contributed by atoms with Crippen molar-refractivity contribution in [2.24, 2.45) is 23.2 Å². The van der Waals surface area contributed by atoms with Crippen LogP contribution in [0.1, 0.15) is 26.2 Å². The third kappa shape index (κ3) is 3.76. The third-order valence-corrected chi connectivity index (χ3v) is 6.30. The Morgan fingerprint density at radius 1 is 1.21 bits per heavy atom. The van der Waals surface area contributed by atoms with E-state index in [-0.39, 0.29) is 17.6 Å². The molecule has 0 heterocycles. The molecular weight excluding hydrogens is 368 g/mol. The van der Waals surface area contributed by atoms with Gasteiger partial charge in [-0.1, -0.05) is 20.1 Å². The summed E-state index contributed by atoms with van der Waals surface area (Å²) in [5.41, 5.74) is -1.19. The molecule has 2 aliphatic rings. The first-order valence-corrected chi connectivity index (χ1v) is 9.20. The van der Waals surface area contributed by atoms with Crippen LogP contribution in [-0.2, 0) is 23.9 Å². The van der Waals surface area contributed by atoms with Gasteiger partial charge in [0.2, 0.25) is 0 Å². The number of hydrogen-bond donors (Lipinski definition) is 3. The van der Waals surface area contributed by atoms with E-state index in [4.69, 9.17) is 14.6 Å². The molecule has 0 spiro atoms. The average Bonchev–Trinajstić information content (AvgIpc) is 2.67. The Bertz CT molecular complexity index is 671. The fraction of sp³-hybridized carbons (Fsp3) is 0.650. The SMILES string of the molecule is C=C(CO)C(=O)OC1CC2(C)C(O)CCC(C=O)C2C(O)C1C(=C)C(=O)OC. The molecule has 8 heteroatoms. The van der Waals surface area contributed by atoms with Crippen LogP contribution in [-0.4, -0.2) is 65.6 Å². The van der Waals surface area contributed by atoms with E-state index in [9.17, 15) is 24.6 Å². The molecule has 2 saturated carbocycles. The molecule has 156 valence electrons. The largest absolute Gasteiger partial charge is 0.466 e. The van der Waals surface area contributed by atoms with Crippen molar-refractivity contribution in [1.29, 1.82) is 0 Å². The van der Waals surface area contributed by atoms with Gasteiger partial charge in [-0.15, -0.1) is 0 Å². The van der Waals surface area contributed by atoms with Crippen molar-refractivity contribution < 1.29 is 39.2 Å². The van der Waals surface area contributed by atoms with Crippen LogP contribution in [0.15, 0.2) is 24.3 Å². The van der Waals surface area contributed by atoms with E-state index >= 15 is 0 Å². The third-order valence-electron chi connectivity index (χ3n) is 6.30. The highest BCUT2D eigenvalue weighted by Crippen LogP contribution is 2.55. The predicted octanol–water partition coefficient (Wildman–Crippen LogP) is 0.149. The normalized spacial score (nSPS) is 37.3. The molecule has 8 nitrogen and oxygen atoms in total. The molecule has 2 aliphatic carbocycles. The first-order valence-electron chi connectivity index (χ1n) is 9.20. The molecule has 2 fully saturated rings. The minimum atomic E-state index is -1.27. The van der Waals surface area contributed by atoms with E-state index in [0.717, 1.165) is 6.29 Å². The van der Waals surface area contributed by atoms with Crippen molar-refractivity contribution in [2.75, 3.05) is 13.7 Å². The number of aldehydes is 1. The van der Waals surface area contributed by atoms with Gasteiger partial charge in [0.05, 0.1) is 37.4 Å². The summed E-state index contributed by atoms with van der Waals surface area (Å²) >= 11 is 0. The highest BCUT2D eigenvalue weighted by molar-refractivity contribution is 5.89. The van der Waals surface area contributed by atoms with E-state index < -0.39 is 60.0 Å². The molecular formula is C20H28O8. The number of carbonyl (C=O) groups excluding carboxylic acids is 3. The van der Waals surface area contributed by atoms with Crippen molar-refractivity contribution in [3.8, 4) is 0 Å². The lowest BCUT2D eigenvalue weighted by Crippen LogP contribution is -2.61. The van der Waals surface area contributed by atoms with Gasteiger partial charge in [0, 0.05) is 22.8 Å². The topological polar surface area (TPSA) is 130 Å². The molecule has 0 saturated heterocycles. The minimum absolute atomic E-state index is 0.0887. The lowest BCUT2D eigenvalue weighted by molar-refractivity contribution is -0.197. The van der Waals surface area contributed by atoms with E-state index in [2.05, 4.69) is 13.2 Å². The molecule has 28 heavy (non-hydrogen) atoms. The molecule has 0 aliphatic heterocycles. The fourth-order valence-electron chi connectivity index (χ4n) is 4.74. The fourth-order valence-corrected chi connectivity index (χ4v) is 4.74. The second kappa shape index (κ2) is 8.55. The number of hydrogen-bond acceptors (Lipinski definition) is 8. The van der Waals surface area contributed by atoms with Crippen LogP contribution in [0.3, 0.4) is 0 Å². The second-order valence-corrected chi connectivity index (χ2v) is 7.87.